The number of unbranched alkanes of at least 4 members (excludes halogenated alkanes) is 7. The van der Waals surface area contributed by atoms with Crippen LogP contribution in [-0.2, 0) is 0 Å². The molecule has 0 unspecified atom stereocenters. The van der Waals surface area contributed by atoms with Crippen LogP contribution in [0.3, 0.4) is 0 Å². The lowest BCUT2D eigenvalue weighted by atomic mass is 10.1. The molecule has 2 heteroatoms. The van der Waals surface area contributed by atoms with Gasteiger partial charge in [0.25, 0.3) is 0 Å². The molecule has 96 valence electrons. The zero-order chi connectivity index (χ0) is 12.2. The summed E-state index contributed by atoms with van der Waals surface area (Å²) in [7, 11) is 0. The minimum Gasteiger partial charge on any atom is -0.384 e. The van der Waals surface area contributed by atoms with Crippen molar-refractivity contribution in [3.63, 3.8) is 0 Å². The summed E-state index contributed by atoms with van der Waals surface area (Å²) in [6.07, 6.45) is 14.7. The van der Waals surface area contributed by atoms with Gasteiger partial charge in [0.05, 0.1) is 5.69 Å². The van der Waals surface area contributed by atoms with Gasteiger partial charge >= 0.3 is 0 Å². The summed E-state index contributed by atoms with van der Waals surface area (Å²) in [6.45, 7) is 3.34. The number of hydrogen-bond donors (Lipinski definition) is 1. The van der Waals surface area contributed by atoms with E-state index in [1.54, 1.807) is 0 Å². The third-order valence-electron chi connectivity index (χ3n) is 3.02. The van der Waals surface area contributed by atoms with Gasteiger partial charge in [-0.2, -0.15) is 0 Å². The standard InChI is InChI=1S/C15H26N2/c1-2-3-4-5-6-7-8-9-13-17-15-11-10-12-16-14-15/h10-12,14,17H,2-9,13H2,1H3. The summed E-state index contributed by atoms with van der Waals surface area (Å²) in [5.41, 5.74) is 1.13. The summed E-state index contributed by atoms with van der Waals surface area (Å²) < 4.78 is 0. The quantitative estimate of drug-likeness (QED) is 0.597. The highest BCUT2D eigenvalue weighted by molar-refractivity contribution is 5.39. The second-order valence-corrected chi connectivity index (χ2v) is 4.64. The van der Waals surface area contributed by atoms with Crippen LogP contribution in [0.4, 0.5) is 5.69 Å². The Bertz CT molecular complexity index is 259. The van der Waals surface area contributed by atoms with Crippen molar-refractivity contribution in [3.8, 4) is 0 Å². The molecule has 1 N–H and O–H groups in total. The van der Waals surface area contributed by atoms with Gasteiger partial charge in [-0.3, -0.25) is 4.98 Å². The van der Waals surface area contributed by atoms with Crippen LogP contribution in [0.15, 0.2) is 24.5 Å². The van der Waals surface area contributed by atoms with E-state index in [1.807, 2.05) is 18.5 Å². The minimum atomic E-state index is 1.07. The van der Waals surface area contributed by atoms with Crippen LogP contribution < -0.4 is 5.32 Å². The van der Waals surface area contributed by atoms with Crippen LogP contribution in [0, 0.1) is 0 Å². The molecule has 0 spiro atoms. The molecule has 0 aliphatic rings. The second-order valence-electron chi connectivity index (χ2n) is 4.64. The maximum absolute atomic E-state index is 4.08. The van der Waals surface area contributed by atoms with Gasteiger partial charge in [-0.1, -0.05) is 51.9 Å². The van der Waals surface area contributed by atoms with Gasteiger partial charge in [0.15, 0.2) is 0 Å². The zero-order valence-corrected chi connectivity index (χ0v) is 11.1. The predicted molar refractivity (Wildman–Crippen MR) is 75.3 cm³/mol. The topological polar surface area (TPSA) is 24.9 Å². The SMILES string of the molecule is CCCCCCCCCCNc1cccnc1. The van der Waals surface area contributed by atoms with Crippen molar-refractivity contribution in [2.24, 2.45) is 0 Å². The molecule has 0 aliphatic carbocycles. The summed E-state index contributed by atoms with van der Waals surface area (Å²) in [6, 6.07) is 4.04. The van der Waals surface area contributed by atoms with E-state index in [1.165, 1.54) is 51.4 Å². The van der Waals surface area contributed by atoms with Gasteiger partial charge in [0.1, 0.15) is 0 Å². The van der Waals surface area contributed by atoms with Crippen LogP contribution >= 0.6 is 0 Å². The molecule has 1 heterocycles. The Morgan fingerprint density at radius 1 is 1.00 bits per heavy atom. The maximum atomic E-state index is 4.08. The van der Waals surface area contributed by atoms with E-state index in [4.69, 9.17) is 0 Å². The highest BCUT2D eigenvalue weighted by Crippen LogP contribution is 2.09. The number of hydrogen-bond acceptors (Lipinski definition) is 2. The van der Waals surface area contributed by atoms with Crippen LogP contribution in [0.25, 0.3) is 0 Å². The molecule has 2 nitrogen and oxygen atoms in total. The first-order valence-corrected chi connectivity index (χ1v) is 7.07. The lowest BCUT2D eigenvalue weighted by molar-refractivity contribution is 0.581. The molecule has 0 saturated heterocycles. The van der Waals surface area contributed by atoms with Crippen molar-refractivity contribution in [2.75, 3.05) is 11.9 Å². The Hall–Kier alpha value is -1.05. The van der Waals surface area contributed by atoms with E-state index in [-0.39, 0.29) is 0 Å². The Kier molecular flexibility index (Phi) is 8.35. The molecule has 0 amide bonds. The molecule has 0 aliphatic heterocycles. The van der Waals surface area contributed by atoms with Crippen molar-refractivity contribution in [3.05, 3.63) is 24.5 Å². The third-order valence-corrected chi connectivity index (χ3v) is 3.02. The fourth-order valence-corrected chi connectivity index (χ4v) is 1.96. The second kappa shape index (κ2) is 10.1. The van der Waals surface area contributed by atoms with Crippen molar-refractivity contribution in [1.29, 1.82) is 0 Å². The van der Waals surface area contributed by atoms with Gasteiger partial charge in [-0.25, -0.2) is 0 Å². The molecule has 0 aromatic carbocycles. The number of rotatable bonds is 10. The average Bonchev–Trinajstić information content (AvgIpc) is 2.38. The van der Waals surface area contributed by atoms with Crippen LogP contribution in [0.1, 0.15) is 58.3 Å². The van der Waals surface area contributed by atoms with Gasteiger partial charge < -0.3 is 5.32 Å². The summed E-state index contributed by atoms with van der Waals surface area (Å²) in [4.78, 5) is 4.08. The maximum Gasteiger partial charge on any atom is 0.0526 e. The molecule has 0 atom stereocenters. The van der Waals surface area contributed by atoms with Gasteiger partial charge in [-0.05, 0) is 18.6 Å². The highest BCUT2D eigenvalue weighted by Gasteiger charge is 1.92. The Morgan fingerprint density at radius 3 is 2.35 bits per heavy atom. The molecule has 0 radical (unpaired) electrons. The van der Waals surface area contributed by atoms with E-state index >= 15 is 0 Å². The van der Waals surface area contributed by atoms with E-state index in [9.17, 15) is 0 Å². The highest BCUT2D eigenvalue weighted by atomic mass is 14.9. The summed E-state index contributed by atoms with van der Waals surface area (Å²) in [5, 5.41) is 3.39. The third kappa shape index (κ3) is 7.78. The van der Waals surface area contributed by atoms with Crippen LogP contribution in [-0.4, -0.2) is 11.5 Å². The Morgan fingerprint density at radius 2 is 1.71 bits per heavy atom. The Balaban J connectivity index is 1.85. The summed E-state index contributed by atoms with van der Waals surface area (Å²) >= 11 is 0. The number of aromatic nitrogens is 1. The normalized spacial score (nSPS) is 10.4. The Labute approximate surface area is 106 Å². The molecule has 0 bridgehead atoms. The van der Waals surface area contributed by atoms with Gasteiger partial charge in [-0.15, -0.1) is 0 Å². The predicted octanol–water partition coefficient (Wildman–Crippen LogP) is 4.63. The van der Waals surface area contributed by atoms with Crippen LogP contribution in [0.2, 0.25) is 0 Å². The van der Waals surface area contributed by atoms with E-state index in [2.05, 4.69) is 23.3 Å². The molecular weight excluding hydrogens is 208 g/mol. The first-order valence-electron chi connectivity index (χ1n) is 7.07. The minimum absolute atomic E-state index is 1.07. The van der Waals surface area contributed by atoms with Crippen LogP contribution in [0.5, 0.6) is 0 Å². The monoisotopic (exact) mass is 234 g/mol. The number of nitrogens with zero attached hydrogens (tertiary/aromatic N) is 1. The van der Waals surface area contributed by atoms with E-state index in [0.29, 0.717) is 0 Å². The van der Waals surface area contributed by atoms with Gasteiger partial charge in [0, 0.05) is 18.9 Å². The molecule has 1 aromatic heterocycles. The number of nitrogens with one attached hydrogen (secondary N) is 1. The lowest BCUT2D eigenvalue weighted by Gasteiger charge is -2.05. The zero-order valence-electron chi connectivity index (χ0n) is 11.1. The van der Waals surface area contributed by atoms with E-state index in [0.717, 1.165) is 12.2 Å². The fraction of sp³-hybridized carbons (Fsp3) is 0.667. The van der Waals surface area contributed by atoms with Crippen molar-refractivity contribution in [2.45, 2.75) is 58.3 Å². The van der Waals surface area contributed by atoms with Gasteiger partial charge in [0.2, 0.25) is 0 Å². The molecule has 0 fully saturated rings. The molecule has 1 aromatic rings. The molecule has 0 saturated carbocycles. The average molecular weight is 234 g/mol. The number of pyridine rings is 1. The smallest absolute Gasteiger partial charge is 0.0526 e. The molecule has 1 rings (SSSR count). The van der Waals surface area contributed by atoms with E-state index < -0.39 is 0 Å². The first kappa shape index (κ1) is 14.0. The molecular formula is C15H26N2. The largest absolute Gasteiger partial charge is 0.384 e. The molecule has 17 heavy (non-hydrogen) atoms. The van der Waals surface area contributed by atoms with Crippen molar-refractivity contribution in [1.82, 2.24) is 4.98 Å². The number of anilines is 1. The van der Waals surface area contributed by atoms with Crippen molar-refractivity contribution < 1.29 is 0 Å². The van der Waals surface area contributed by atoms with Crippen molar-refractivity contribution >= 4 is 5.69 Å². The lowest BCUT2D eigenvalue weighted by Crippen LogP contribution is -2.01. The fourth-order valence-electron chi connectivity index (χ4n) is 1.96. The first-order chi connectivity index (χ1) is 8.43. The summed E-state index contributed by atoms with van der Waals surface area (Å²) in [5.74, 6) is 0.